The number of rotatable bonds is 4. The van der Waals surface area contributed by atoms with Crippen LogP contribution in [0.5, 0.6) is 5.75 Å². The van der Waals surface area contributed by atoms with Gasteiger partial charge in [-0.15, -0.1) is 0 Å². The summed E-state index contributed by atoms with van der Waals surface area (Å²) in [6.45, 7) is 8.34. The van der Waals surface area contributed by atoms with Gasteiger partial charge in [0.2, 0.25) is 11.8 Å². The fourth-order valence-corrected chi connectivity index (χ4v) is 4.79. The minimum atomic E-state index is -2.13. The molecule has 9 nitrogen and oxygen atoms in total. The Balaban J connectivity index is 2.24. The van der Waals surface area contributed by atoms with Crippen LogP contribution in [0.3, 0.4) is 0 Å². The molecule has 4 unspecified atom stereocenters. The van der Waals surface area contributed by atoms with Crippen LogP contribution in [0.25, 0.3) is 0 Å². The lowest BCUT2D eigenvalue weighted by atomic mass is 9.77. The van der Waals surface area contributed by atoms with Gasteiger partial charge in [-0.1, -0.05) is 12.1 Å². The summed E-state index contributed by atoms with van der Waals surface area (Å²) in [6.07, 6.45) is -0.854. The molecule has 0 aliphatic carbocycles. The molecule has 1 aromatic rings. The number of fused-ring (bicyclic) bond motifs is 1. The Hall–Kier alpha value is -2.94. The predicted octanol–water partition coefficient (Wildman–Crippen LogP) is 1.35. The second-order valence-corrected chi connectivity index (χ2v) is 9.16. The lowest BCUT2D eigenvalue weighted by molar-refractivity contribution is -0.157. The molecule has 2 amide bonds. The highest BCUT2D eigenvalue weighted by Crippen LogP contribution is 2.51. The summed E-state index contributed by atoms with van der Waals surface area (Å²) in [6, 6.07) is 2.34. The number of aliphatic carboxylic acids is 2. The van der Waals surface area contributed by atoms with E-state index in [-0.39, 0.29) is 5.75 Å². The zero-order chi connectivity index (χ0) is 22.8. The molecule has 0 bridgehead atoms. The third kappa shape index (κ3) is 3.04. The van der Waals surface area contributed by atoms with E-state index in [0.717, 1.165) is 4.90 Å². The molecule has 2 aliphatic rings. The van der Waals surface area contributed by atoms with E-state index >= 15 is 0 Å². The van der Waals surface area contributed by atoms with Gasteiger partial charge in [-0.25, -0.2) is 0 Å². The second kappa shape index (κ2) is 6.80. The minimum Gasteiger partial charge on any atom is -0.507 e. The average Bonchev–Trinajstić information content (AvgIpc) is 3.06. The van der Waals surface area contributed by atoms with E-state index < -0.39 is 59.1 Å². The van der Waals surface area contributed by atoms with Crippen molar-refractivity contribution in [2.45, 2.75) is 58.2 Å². The molecule has 0 aromatic heterocycles. The first-order valence-corrected chi connectivity index (χ1v) is 9.63. The number of carbonyl (C=O) groups excluding carboxylic acids is 2. The number of hydrogen-bond acceptors (Lipinski definition) is 6. The van der Waals surface area contributed by atoms with Crippen molar-refractivity contribution in [1.29, 1.82) is 0 Å². The maximum absolute atomic E-state index is 13.3. The van der Waals surface area contributed by atoms with Crippen LogP contribution < -0.4 is 5.32 Å². The maximum atomic E-state index is 13.3. The molecule has 4 atom stereocenters. The van der Waals surface area contributed by atoms with Crippen LogP contribution in [0.15, 0.2) is 12.1 Å². The van der Waals surface area contributed by atoms with E-state index in [9.17, 15) is 34.5 Å². The zero-order valence-electron chi connectivity index (χ0n) is 17.5. The number of carboxylic acids is 2. The molecule has 30 heavy (non-hydrogen) atoms. The number of benzene rings is 1. The van der Waals surface area contributed by atoms with Gasteiger partial charge >= 0.3 is 11.9 Å². The van der Waals surface area contributed by atoms with E-state index in [2.05, 4.69) is 5.32 Å². The van der Waals surface area contributed by atoms with Crippen molar-refractivity contribution in [3.05, 3.63) is 28.8 Å². The summed E-state index contributed by atoms with van der Waals surface area (Å²) in [5.41, 5.74) is -1.45. The molecule has 9 heteroatoms. The third-order valence-electron chi connectivity index (χ3n) is 6.01. The second-order valence-electron chi connectivity index (χ2n) is 9.16. The summed E-state index contributed by atoms with van der Waals surface area (Å²) < 4.78 is 0. The van der Waals surface area contributed by atoms with Gasteiger partial charge in [-0.05, 0) is 51.3 Å². The summed E-state index contributed by atoms with van der Waals surface area (Å²) in [4.78, 5) is 51.6. The first kappa shape index (κ1) is 21.8. The van der Waals surface area contributed by atoms with E-state index in [1.54, 1.807) is 46.8 Å². The van der Waals surface area contributed by atoms with Gasteiger partial charge in [-0.3, -0.25) is 29.4 Å². The largest absolute Gasteiger partial charge is 0.507 e. The van der Waals surface area contributed by atoms with Crippen molar-refractivity contribution in [2.24, 2.45) is 11.8 Å². The topological polar surface area (TPSA) is 144 Å². The Bertz CT molecular complexity index is 942. The van der Waals surface area contributed by atoms with E-state index in [1.165, 1.54) is 0 Å². The number of aromatic hydroxyl groups is 1. The fourth-order valence-electron chi connectivity index (χ4n) is 4.79. The van der Waals surface area contributed by atoms with Crippen LogP contribution in [0, 0.1) is 25.7 Å². The van der Waals surface area contributed by atoms with Crippen LogP contribution >= 0.6 is 0 Å². The zero-order valence-corrected chi connectivity index (χ0v) is 17.5. The normalized spacial score (nSPS) is 28.7. The van der Waals surface area contributed by atoms with Crippen molar-refractivity contribution in [1.82, 2.24) is 10.2 Å². The van der Waals surface area contributed by atoms with Crippen molar-refractivity contribution in [3.63, 3.8) is 0 Å². The van der Waals surface area contributed by atoms with E-state index in [4.69, 9.17) is 0 Å². The molecule has 3 rings (SSSR count). The summed E-state index contributed by atoms with van der Waals surface area (Å²) >= 11 is 0. The monoisotopic (exact) mass is 418 g/mol. The van der Waals surface area contributed by atoms with Crippen LogP contribution in [0.4, 0.5) is 0 Å². The number of phenolic OH excluding ortho intramolecular Hbond substituents is 1. The number of amides is 2. The van der Waals surface area contributed by atoms with Crippen molar-refractivity contribution in [2.75, 3.05) is 0 Å². The first-order valence-electron chi connectivity index (χ1n) is 9.63. The third-order valence-corrected chi connectivity index (χ3v) is 6.01. The van der Waals surface area contributed by atoms with Gasteiger partial charge < -0.3 is 15.3 Å². The Kier molecular flexibility index (Phi) is 4.93. The predicted molar refractivity (Wildman–Crippen MR) is 105 cm³/mol. The number of nitrogens with one attached hydrogen (secondary N) is 1. The van der Waals surface area contributed by atoms with Gasteiger partial charge in [-0.2, -0.15) is 0 Å². The minimum absolute atomic E-state index is 0.0773. The smallest absolute Gasteiger partial charge is 0.325 e. The van der Waals surface area contributed by atoms with Crippen LogP contribution in [-0.2, 0) is 19.2 Å². The molecular formula is C21H26N2O7. The number of carboxylic acid groups (broad SMARTS) is 2. The van der Waals surface area contributed by atoms with Crippen LogP contribution in [0.2, 0.25) is 0 Å². The number of nitrogens with zero attached hydrogens (tertiary/aromatic N) is 1. The van der Waals surface area contributed by atoms with Gasteiger partial charge in [0.05, 0.1) is 18.3 Å². The van der Waals surface area contributed by atoms with Gasteiger partial charge in [0.25, 0.3) is 0 Å². The summed E-state index contributed by atoms with van der Waals surface area (Å²) in [7, 11) is 0. The van der Waals surface area contributed by atoms with Crippen LogP contribution in [-0.4, -0.2) is 55.1 Å². The number of imide groups is 1. The standard InChI is InChI=1S/C21H26N2O7/c1-9-6-11(7-10(2)16(9)26)15-13-14(18(28)23(17(13)27)20(3,4)5)21(22-15,19(29)30)8-12(24)25/h6-7,13-15,22,26H,8H2,1-5H3,(H,24,25)(H,29,30). The number of phenols is 1. The molecule has 4 N–H and O–H groups in total. The number of likely N-dealkylation sites (tertiary alicyclic amines) is 1. The SMILES string of the molecule is Cc1cc(C2NC(CC(=O)O)(C(=O)O)C3C(=O)N(C(C)(C)C)C(=O)C23)cc(C)c1O. The lowest BCUT2D eigenvalue weighted by Gasteiger charge is -2.34. The molecule has 1 aromatic carbocycles. The van der Waals surface area contributed by atoms with Crippen molar-refractivity contribution >= 4 is 23.8 Å². The molecule has 2 heterocycles. The lowest BCUT2D eigenvalue weighted by Crippen LogP contribution is -2.58. The first-order chi connectivity index (χ1) is 13.7. The average molecular weight is 418 g/mol. The van der Waals surface area contributed by atoms with Crippen molar-refractivity contribution < 1.29 is 34.5 Å². The van der Waals surface area contributed by atoms with E-state index in [0.29, 0.717) is 16.7 Å². The number of hydrogen-bond donors (Lipinski definition) is 4. The molecule has 0 radical (unpaired) electrons. The molecule has 0 saturated carbocycles. The summed E-state index contributed by atoms with van der Waals surface area (Å²) in [5, 5.41) is 32.4. The van der Waals surface area contributed by atoms with Gasteiger partial charge in [0.15, 0.2) is 0 Å². The van der Waals surface area contributed by atoms with E-state index in [1.807, 2.05) is 0 Å². The van der Waals surface area contributed by atoms with Crippen LogP contribution in [0.1, 0.15) is 49.9 Å². The maximum Gasteiger partial charge on any atom is 0.325 e. The Morgan fingerprint density at radius 3 is 2.07 bits per heavy atom. The van der Waals surface area contributed by atoms with Crippen molar-refractivity contribution in [3.8, 4) is 5.75 Å². The highest BCUT2D eigenvalue weighted by molar-refractivity contribution is 6.10. The number of aryl methyl sites for hydroxylation is 2. The quantitative estimate of drug-likeness (QED) is 0.536. The Labute approximate surface area is 173 Å². The molecule has 162 valence electrons. The Morgan fingerprint density at radius 1 is 1.10 bits per heavy atom. The highest BCUT2D eigenvalue weighted by atomic mass is 16.4. The molecule has 2 aliphatic heterocycles. The highest BCUT2D eigenvalue weighted by Gasteiger charge is 2.70. The molecule has 2 fully saturated rings. The molecule has 2 saturated heterocycles. The summed E-state index contributed by atoms with van der Waals surface area (Å²) in [5.74, 6) is -6.47. The fraction of sp³-hybridized carbons (Fsp3) is 0.524. The number of carbonyl (C=O) groups is 4. The van der Waals surface area contributed by atoms with Gasteiger partial charge in [0.1, 0.15) is 11.3 Å². The Morgan fingerprint density at radius 2 is 1.63 bits per heavy atom. The molecular weight excluding hydrogens is 392 g/mol. The molecule has 0 spiro atoms. The van der Waals surface area contributed by atoms with Gasteiger partial charge in [0, 0.05) is 11.6 Å².